The average molecular weight is 765 g/mol. The van der Waals surface area contributed by atoms with Crippen molar-refractivity contribution in [1.82, 2.24) is 19.5 Å². The lowest BCUT2D eigenvalue weighted by Crippen LogP contribution is -2.01. The predicted molar refractivity (Wildman–Crippen MR) is 245 cm³/mol. The molecule has 60 heavy (non-hydrogen) atoms. The van der Waals surface area contributed by atoms with Gasteiger partial charge in [-0.15, -0.1) is 0 Å². The minimum absolute atomic E-state index is 0.543. The van der Waals surface area contributed by atoms with Crippen LogP contribution in [-0.2, 0) is 0 Å². The molecule has 0 N–H and O–H groups in total. The van der Waals surface area contributed by atoms with E-state index in [1.54, 1.807) is 0 Å². The van der Waals surface area contributed by atoms with Gasteiger partial charge in [-0.2, -0.15) is 0 Å². The minimum atomic E-state index is 0.543. The molecule has 278 valence electrons. The Bertz CT molecular complexity index is 3640. The molecule has 9 aromatic carbocycles. The molecule has 0 bridgehead atoms. The lowest BCUT2D eigenvalue weighted by Gasteiger charge is -2.15. The highest BCUT2D eigenvalue weighted by atomic mass is 16.3. The summed E-state index contributed by atoms with van der Waals surface area (Å²) in [6, 6.07) is 68.6. The zero-order valence-electron chi connectivity index (χ0n) is 32.2. The van der Waals surface area contributed by atoms with Gasteiger partial charge in [-0.1, -0.05) is 158 Å². The van der Waals surface area contributed by atoms with Gasteiger partial charge in [-0.3, -0.25) is 0 Å². The lowest BCUT2D eigenvalue weighted by molar-refractivity contribution is 0.669. The maximum Gasteiger partial charge on any atom is 0.167 e. The molecule has 1 aliphatic rings. The molecule has 0 radical (unpaired) electrons. The van der Waals surface area contributed by atoms with Crippen molar-refractivity contribution < 1.29 is 4.42 Å². The summed E-state index contributed by atoms with van der Waals surface area (Å²) in [5.41, 5.74) is 14.7. The SMILES string of the molecule is c1ccc(-c2ccc3oc4c(-c5nc(-c6ccccc6)nc(-c6ccccc6)n5)cc(-n5c6cccc7c6c6c8c(cccc8ccc65)-c5ccccc5-7)cc4c3c2)cc1. The zero-order valence-corrected chi connectivity index (χ0v) is 32.2. The van der Waals surface area contributed by atoms with Crippen molar-refractivity contribution in [1.29, 1.82) is 0 Å². The molecule has 0 aliphatic heterocycles. The Balaban J connectivity index is 1.16. The van der Waals surface area contributed by atoms with E-state index in [4.69, 9.17) is 19.4 Å². The maximum absolute atomic E-state index is 6.90. The van der Waals surface area contributed by atoms with Crippen molar-refractivity contribution in [3.63, 3.8) is 0 Å². The fourth-order valence-electron chi connectivity index (χ4n) is 9.50. The van der Waals surface area contributed by atoms with Crippen molar-refractivity contribution in [3.05, 3.63) is 194 Å². The molecule has 0 atom stereocenters. The summed E-state index contributed by atoms with van der Waals surface area (Å²) in [7, 11) is 0. The molecule has 0 fully saturated rings. The Morgan fingerprint density at radius 2 is 0.933 bits per heavy atom. The fourth-order valence-corrected chi connectivity index (χ4v) is 9.50. The third-order valence-electron chi connectivity index (χ3n) is 12.2. The maximum atomic E-state index is 6.90. The standard InChI is InChI=1S/C55H32N4O/c1-4-14-33(15-5-1)37-27-29-48-43(30-37)44-31-38(32-45(52(44)60-48)55-57-53(35-16-6-2-7-17-35)56-54(58-55)36-18-8-3-9-19-36)59-46-25-13-24-42-40-22-11-10-21-39(40)41-23-12-20-34-26-28-47(59)51(49(34)41)50(42)46/h1-32H. The molecule has 0 saturated carbocycles. The number of hydrogen-bond acceptors (Lipinski definition) is 4. The largest absolute Gasteiger partial charge is 0.455 e. The molecule has 0 amide bonds. The monoisotopic (exact) mass is 764 g/mol. The Kier molecular flexibility index (Phi) is 6.95. The lowest BCUT2D eigenvalue weighted by atomic mass is 9.93. The highest BCUT2D eigenvalue weighted by molar-refractivity contribution is 6.30. The molecular formula is C55H32N4O. The zero-order chi connectivity index (χ0) is 39.3. The Hall–Kier alpha value is -8.15. The molecule has 3 aromatic heterocycles. The second kappa shape index (κ2) is 12.7. The summed E-state index contributed by atoms with van der Waals surface area (Å²) < 4.78 is 9.33. The van der Waals surface area contributed by atoms with Gasteiger partial charge in [0, 0.05) is 38.4 Å². The highest BCUT2D eigenvalue weighted by Gasteiger charge is 2.26. The van der Waals surface area contributed by atoms with E-state index in [0.29, 0.717) is 17.5 Å². The molecule has 3 heterocycles. The van der Waals surface area contributed by atoms with Crippen molar-refractivity contribution in [2.75, 3.05) is 0 Å². The van der Waals surface area contributed by atoms with E-state index < -0.39 is 0 Å². The molecular weight excluding hydrogens is 733 g/mol. The van der Waals surface area contributed by atoms with Crippen molar-refractivity contribution in [2.24, 2.45) is 0 Å². The van der Waals surface area contributed by atoms with Gasteiger partial charge in [0.15, 0.2) is 17.5 Å². The molecule has 5 nitrogen and oxygen atoms in total. The van der Waals surface area contributed by atoms with Crippen LogP contribution in [0.2, 0.25) is 0 Å². The Morgan fingerprint density at radius 1 is 0.350 bits per heavy atom. The summed E-state index contributed by atoms with van der Waals surface area (Å²) in [5, 5.41) is 7.02. The van der Waals surface area contributed by atoms with E-state index >= 15 is 0 Å². The van der Waals surface area contributed by atoms with Gasteiger partial charge in [0.2, 0.25) is 0 Å². The van der Waals surface area contributed by atoms with Crippen LogP contribution in [0.5, 0.6) is 0 Å². The van der Waals surface area contributed by atoms with Crippen LogP contribution >= 0.6 is 0 Å². The van der Waals surface area contributed by atoms with Crippen LogP contribution in [-0.4, -0.2) is 19.5 Å². The van der Waals surface area contributed by atoms with Crippen LogP contribution in [0.4, 0.5) is 0 Å². The number of benzene rings is 9. The van der Waals surface area contributed by atoms with E-state index in [2.05, 4.69) is 138 Å². The number of hydrogen-bond donors (Lipinski definition) is 0. The van der Waals surface area contributed by atoms with Crippen LogP contribution in [0.1, 0.15) is 0 Å². The molecule has 1 aliphatic carbocycles. The topological polar surface area (TPSA) is 56.7 Å². The van der Waals surface area contributed by atoms with E-state index in [9.17, 15) is 0 Å². The van der Waals surface area contributed by atoms with Crippen LogP contribution in [0.15, 0.2) is 199 Å². The molecule has 0 saturated heterocycles. The van der Waals surface area contributed by atoms with Crippen LogP contribution in [0.25, 0.3) is 128 Å². The number of nitrogens with zero attached hydrogens (tertiary/aromatic N) is 4. The van der Waals surface area contributed by atoms with Gasteiger partial charge < -0.3 is 8.98 Å². The van der Waals surface area contributed by atoms with E-state index in [1.807, 2.05) is 60.7 Å². The summed E-state index contributed by atoms with van der Waals surface area (Å²) in [6.45, 7) is 0. The third-order valence-corrected chi connectivity index (χ3v) is 12.2. The van der Waals surface area contributed by atoms with Crippen LogP contribution in [0.3, 0.4) is 0 Å². The first-order valence-electron chi connectivity index (χ1n) is 20.3. The molecule has 0 unspecified atom stereocenters. The predicted octanol–water partition coefficient (Wildman–Crippen LogP) is 14.3. The first-order chi connectivity index (χ1) is 29.7. The first-order valence-corrected chi connectivity index (χ1v) is 20.3. The van der Waals surface area contributed by atoms with Gasteiger partial charge in [0.05, 0.1) is 16.6 Å². The fraction of sp³-hybridized carbons (Fsp3) is 0. The van der Waals surface area contributed by atoms with Crippen molar-refractivity contribution in [3.8, 4) is 73.2 Å². The van der Waals surface area contributed by atoms with Gasteiger partial charge in [0.1, 0.15) is 11.2 Å². The van der Waals surface area contributed by atoms with Crippen LogP contribution < -0.4 is 0 Å². The minimum Gasteiger partial charge on any atom is -0.455 e. The van der Waals surface area contributed by atoms with Crippen LogP contribution in [0, 0.1) is 0 Å². The highest BCUT2D eigenvalue weighted by Crippen LogP contribution is 2.50. The van der Waals surface area contributed by atoms with E-state index in [-0.39, 0.29) is 0 Å². The number of fused-ring (bicyclic) bond motifs is 6. The molecule has 5 heteroatoms. The normalized spacial score (nSPS) is 12.0. The smallest absolute Gasteiger partial charge is 0.167 e. The number of rotatable bonds is 5. The third kappa shape index (κ3) is 4.84. The molecule has 0 spiro atoms. The van der Waals surface area contributed by atoms with Gasteiger partial charge in [-0.05, 0) is 80.6 Å². The van der Waals surface area contributed by atoms with E-state index in [1.165, 1.54) is 43.8 Å². The quantitative estimate of drug-likeness (QED) is 0.175. The average Bonchev–Trinajstić information content (AvgIpc) is 3.83. The van der Waals surface area contributed by atoms with Gasteiger partial charge >= 0.3 is 0 Å². The van der Waals surface area contributed by atoms with E-state index in [0.717, 1.165) is 66.5 Å². The van der Waals surface area contributed by atoms with Crippen molar-refractivity contribution >= 4 is 54.5 Å². The Morgan fingerprint density at radius 3 is 1.63 bits per heavy atom. The second-order valence-electron chi connectivity index (χ2n) is 15.5. The summed E-state index contributed by atoms with van der Waals surface area (Å²) in [4.78, 5) is 15.5. The summed E-state index contributed by atoms with van der Waals surface area (Å²) in [5.74, 6) is 1.74. The summed E-state index contributed by atoms with van der Waals surface area (Å²) in [6.07, 6.45) is 0. The molecule has 12 aromatic rings. The summed E-state index contributed by atoms with van der Waals surface area (Å²) >= 11 is 0. The molecule has 13 rings (SSSR count). The van der Waals surface area contributed by atoms with Gasteiger partial charge in [0.25, 0.3) is 0 Å². The Labute approximate surface area is 344 Å². The first kappa shape index (κ1) is 32.9. The number of furan rings is 1. The second-order valence-corrected chi connectivity index (χ2v) is 15.5. The van der Waals surface area contributed by atoms with Crippen molar-refractivity contribution in [2.45, 2.75) is 0 Å². The van der Waals surface area contributed by atoms with Gasteiger partial charge in [-0.25, -0.2) is 15.0 Å². The number of aromatic nitrogens is 4.